The van der Waals surface area contributed by atoms with Gasteiger partial charge in [0.1, 0.15) is 7.85 Å². The van der Waals surface area contributed by atoms with Crippen LogP contribution >= 0.6 is 0 Å². The second kappa shape index (κ2) is 3.44. The smallest absolute Gasteiger partial charge is 0.404 e. The fraction of sp³-hybridized carbons (Fsp3) is 0.250. The van der Waals surface area contributed by atoms with E-state index < -0.39 is 12.1 Å². The SMILES string of the molecule is [B]c1cc(C)cc(OC(F)(F)F)c1N. The fourth-order valence-corrected chi connectivity index (χ4v) is 1.00. The maximum Gasteiger partial charge on any atom is 0.573 e. The molecular weight excluding hydrogens is 194 g/mol. The zero-order valence-electron chi connectivity index (χ0n) is 7.35. The van der Waals surface area contributed by atoms with Crippen molar-refractivity contribution in [1.82, 2.24) is 0 Å². The molecule has 2 radical (unpaired) electrons. The van der Waals surface area contributed by atoms with Gasteiger partial charge in [0.15, 0.2) is 5.75 Å². The van der Waals surface area contributed by atoms with E-state index in [0.717, 1.165) is 0 Å². The van der Waals surface area contributed by atoms with Crippen LogP contribution in [0.1, 0.15) is 5.56 Å². The van der Waals surface area contributed by atoms with E-state index in [9.17, 15) is 13.2 Å². The lowest BCUT2D eigenvalue weighted by molar-refractivity contribution is -0.274. The van der Waals surface area contributed by atoms with Gasteiger partial charge in [0, 0.05) is 0 Å². The molecule has 0 bridgehead atoms. The molecule has 0 aliphatic rings. The van der Waals surface area contributed by atoms with Gasteiger partial charge >= 0.3 is 6.36 Å². The van der Waals surface area contributed by atoms with Crippen molar-refractivity contribution in [3.63, 3.8) is 0 Å². The summed E-state index contributed by atoms with van der Waals surface area (Å²) in [6.45, 7) is 1.60. The van der Waals surface area contributed by atoms with E-state index in [1.807, 2.05) is 0 Å². The number of anilines is 1. The van der Waals surface area contributed by atoms with E-state index in [2.05, 4.69) is 4.74 Å². The standard InChI is InChI=1S/C8H7BF3NO/c1-4-2-5(9)7(13)6(3-4)14-8(10,11)12/h2-3H,13H2,1H3. The fourth-order valence-electron chi connectivity index (χ4n) is 1.00. The Kier molecular flexibility index (Phi) is 2.64. The number of hydrogen-bond acceptors (Lipinski definition) is 2. The Balaban J connectivity index is 3.09. The summed E-state index contributed by atoms with van der Waals surface area (Å²) in [6.07, 6.45) is -4.76. The number of aryl methyl sites for hydroxylation is 1. The Hall–Kier alpha value is -1.33. The number of rotatable bonds is 1. The molecule has 0 aliphatic heterocycles. The van der Waals surface area contributed by atoms with Gasteiger partial charge in [0.25, 0.3) is 0 Å². The van der Waals surface area contributed by atoms with E-state index in [1.165, 1.54) is 12.1 Å². The number of halogens is 3. The minimum Gasteiger partial charge on any atom is -0.404 e. The highest BCUT2D eigenvalue weighted by Crippen LogP contribution is 2.27. The highest BCUT2D eigenvalue weighted by molar-refractivity contribution is 6.36. The summed E-state index contributed by atoms with van der Waals surface area (Å²) < 4.78 is 39.3. The molecule has 0 heterocycles. The molecule has 0 atom stereocenters. The number of nitrogens with two attached hydrogens (primary N) is 1. The number of alkyl halides is 3. The lowest BCUT2D eigenvalue weighted by Gasteiger charge is -2.13. The Morgan fingerprint density at radius 1 is 1.36 bits per heavy atom. The second-order valence-electron chi connectivity index (χ2n) is 2.81. The molecule has 2 nitrogen and oxygen atoms in total. The molecule has 2 N–H and O–H groups in total. The van der Waals surface area contributed by atoms with Crippen LogP contribution in [0.25, 0.3) is 0 Å². The third-order valence-electron chi connectivity index (χ3n) is 1.54. The van der Waals surface area contributed by atoms with Crippen LogP contribution in [0.5, 0.6) is 5.75 Å². The number of benzene rings is 1. The molecule has 1 aromatic carbocycles. The highest BCUT2D eigenvalue weighted by Gasteiger charge is 2.32. The van der Waals surface area contributed by atoms with Crippen molar-refractivity contribution >= 4 is 19.0 Å². The van der Waals surface area contributed by atoms with Gasteiger partial charge in [0.05, 0.1) is 5.69 Å². The van der Waals surface area contributed by atoms with Crippen LogP contribution in [0.4, 0.5) is 18.9 Å². The predicted octanol–water partition coefficient (Wildman–Crippen LogP) is 1.27. The molecule has 6 heteroatoms. The van der Waals surface area contributed by atoms with Gasteiger partial charge in [-0.05, 0) is 18.6 Å². The Bertz CT molecular complexity index is 351. The van der Waals surface area contributed by atoms with Gasteiger partial charge < -0.3 is 10.5 Å². The summed E-state index contributed by atoms with van der Waals surface area (Å²) in [5, 5.41) is 0. The zero-order chi connectivity index (χ0) is 10.9. The van der Waals surface area contributed by atoms with Crippen molar-refractivity contribution in [2.75, 3.05) is 5.73 Å². The van der Waals surface area contributed by atoms with Crippen LogP contribution in [0.2, 0.25) is 0 Å². The van der Waals surface area contributed by atoms with Crippen molar-refractivity contribution in [3.8, 4) is 5.75 Å². The van der Waals surface area contributed by atoms with Crippen LogP contribution < -0.4 is 15.9 Å². The minimum atomic E-state index is -4.76. The molecule has 0 aromatic heterocycles. The van der Waals surface area contributed by atoms with Gasteiger partial charge in [-0.1, -0.05) is 11.5 Å². The van der Waals surface area contributed by atoms with Crippen molar-refractivity contribution < 1.29 is 17.9 Å². The first-order valence-electron chi connectivity index (χ1n) is 3.71. The van der Waals surface area contributed by atoms with Crippen LogP contribution in [-0.2, 0) is 0 Å². The van der Waals surface area contributed by atoms with Crippen LogP contribution in [0, 0.1) is 6.92 Å². The average Bonchev–Trinajstić information content (AvgIpc) is 1.96. The van der Waals surface area contributed by atoms with E-state index in [0.29, 0.717) is 5.56 Å². The zero-order valence-corrected chi connectivity index (χ0v) is 7.35. The van der Waals surface area contributed by atoms with Crippen molar-refractivity contribution in [2.24, 2.45) is 0 Å². The number of hydrogen-bond donors (Lipinski definition) is 1. The van der Waals surface area contributed by atoms with Crippen LogP contribution in [-0.4, -0.2) is 14.2 Å². The molecule has 1 rings (SSSR count). The summed E-state index contributed by atoms with van der Waals surface area (Å²) in [6, 6.07) is 2.65. The third-order valence-corrected chi connectivity index (χ3v) is 1.54. The van der Waals surface area contributed by atoms with Crippen LogP contribution in [0.3, 0.4) is 0 Å². The number of nitrogen functional groups attached to an aromatic ring is 1. The Morgan fingerprint density at radius 2 is 1.93 bits per heavy atom. The average molecular weight is 201 g/mol. The maximum absolute atomic E-state index is 11.9. The van der Waals surface area contributed by atoms with E-state index in [4.69, 9.17) is 13.6 Å². The number of ether oxygens (including phenoxy) is 1. The van der Waals surface area contributed by atoms with Gasteiger partial charge in [-0.2, -0.15) is 0 Å². The first-order valence-corrected chi connectivity index (χ1v) is 3.71. The quantitative estimate of drug-likeness (QED) is 0.548. The van der Waals surface area contributed by atoms with Gasteiger partial charge in [-0.15, -0.1) is 13.2 Å². The normalized spacial score (nSPS) is 11.4. The van der Waals surface area contributed by atoms with Gasteiger partial charge in [-0.3, -0.25) is 0 Å². The Labute approximate surface area is 80.3 Å². The summed E-state index contributed by atoms with van der Waals surface area (Å²) >= 11 is 0. The summed E-state index contributed by atoms with van der Waals surface area (Å²) in [7, 11) is 5.37. The molecule has 0 aliphatic carbocycles. The monoisotopic (exact) mass is 201 g/mol. The molecule has 0 saturated heterocycles. The second-order valence-corrected chi connectivity index (χ2v) is 2.81. The Morgan fingerprint density at radius 3 is 2.43 bits per heavy atom. The molecule has 0 fully saturated rings. The van der Waals surface area contributed by atoms with Crippen molar-refractivity contribution in [2.45, 2.75) is 13.3 Å². The van der Waals surface area contributed by atoms with Crippen LogP contribution in [0.15, 0.2) is 12.1 Å². The first kappa shape index (κ1) is 10.8. The van der Waals surface area contributed by atoms with E-state index in [1.54, 1.807) is 6.92 Å². The summed E-state index contributed by atoms with van der Waals surface area (Å²) in [5.74, 6) is -0.463. The lowest BCUT2D eigenvalue weighted by Crippen LogP contribution is -2.21. The van der Waals surface area contributed by atoms with Gasteiger partial charge in [0.2, 0.25) is 0 Å². The predicted molar refractivity (Wildman–Crippen MR) is 47.7 cm³/mol. The van der Waals surface area contributed by atoms with Crippen molar-refractivity contribution in [1.29, 1.82) is 0 Å². The minimum absolute atomic E-state index is 0.0734. The summed E-state index contributed by atoms with van der Waals surface area (Å²) in [4.78, 5) is 0. The molecule has 0 spiro atoms. The van der Waals surface area contributed by atoms with Gasteiger partial charge in [-0.25, -0.2) is 0 Å². The topological polar surface area (TPSA) is 35.2 Å². The molecular formula is C8H7BF3NO. The molecule has 0 amide bonds. The first-order chi connectivity index (χ1) is 6.29. The highest BCUT2D eigenvalue weighted by atomic mass is 19.4. The summed E-state index contributed by atoms with van der Waals surface area (Å²) in [5.41, 5.74) is 5.73. The third kappa shape index (κ3) is 2.58. The van der Waals surface area contributed by atoms with E-state index >= 15 is 0 Å². The maximum atomic E-state index is 11.9. The molecule has 0 unspecified atom stereocenters. The lowest BCUT2D eigenvalue weighted by atomic mass is 9.92. The van der Waals surface area contributed by atoms with Crippen molar-refractivity contribution in [3.05, 3.63) is 17.7 Å². The molecule has 74 valence electrons. The molecule has 1 aromatic rings. The largest absolute Gasteiger partial charge is 0.573 e. The van der Waals surface area contributed by atoms with E-state index in [-0.39, 0.29) is 11.2 Å². The molecule has 14 heavy (non-hydrogen) atoms. The molecule has 0 saturated carbocycles.